The average molecular weight is 585 g/mol. The second-order valence-electron chi connectivity index (χ2n) is 11.4. The zero-order valence-corrected chi connectivity index (χ0v) is 24.4. The number of carbonyl (C=O) groups excluding carboxylic acids is 2. The van der Waals surface area contributed by atoms with Crippen LogP contribution in [0.2, 0.25) is 0 Å². The second-order valence-corrected chi connectivity index (χ2v) is 11.4. The molecule has 3 aromatic carbocycles. The Bertz CT molecular complexity index is 2040. The van der Waals surface area contributed by atoms with Gasteiger partial charge in [-0.15, -0.1) is 0 Å². The van der Waals surface area contributed by atoms with Crippen LogP contribution in [0, 0.1) is 12.7 Å². The Morgan fingerprint density at radius 1 is 0.955 bits per heavy atom. The molecule has 44 heavy (non-hydrogen) atoms. The van der Waals surface area contributed by atoms with Crippen LogP contribution < -0.4 is 0 Å². The van der Waals surface area contributed by atoms with Crippen molar-refractivity contribution in [3.05, 3.63) is 113 Å². The molecule has 1 aliphatic rings. The Morgan fingerprint density at radius 2 is 1.75 bits per heavy atom. The molecule has 0 bridgehead atoms. The molecule has 1 fully saturated rings. The fourth-order valence-corrected chi connectivity index (χ4v) is 5.80. The van der Waals surface area contributed by atoms with Gasteiger partial charge < -0.3 is 4.42 Å². The van der Waals surface area contributed by atoms with Gasteiger partial charge in [0.1, 0.15) is 28.7 Å². The van der Waals surface area contributed by atoms with Crippen LogP contribution in [0.25, 0.3) is 44.9 Å². The number of aromatic nitrogens is 4. The molecule has 0 unspecified atom stereocenters. The van der Waals surface area contributed by atoms with Crippen molar-refractivity contribution in [2.75, 3.05) is 0 Å². The van der Waals surface area contributed by atoms with E-state index < -0.39 is 0 Å². The van der Waals surface area contributed by atoms with E-state index in [1.807, 2.05) is 68.4 Å². The summed E-state index contributed by atoms with van der Waals surface area (Å²) in [7, 11) is 0. The van der Waals surface area contributed by atoms with Gasteiger partial charge in [-0.05, 0) is 91.1 Å². The zero-order chi connectivity index (χ0) is 30.4. The molecule has 1 saturated carbocycles. The first-order valence-corrected chi connectivity index (χ1v) is 14.7. The van der Waals surface area contributed by atoms with Gasteiger partial charge in [0.2, 0.25) is 0 Å². The molecule has 3 aromatic heterocycles. The number of fused-ring (bicyclic) bond motifs is 1. The predicted octanol–water partition coefficient (Wildman–Crippen LogP) is 8.29. The van der Waals surface area contributed by atoms with E-state index in [4.69, 9.17) is 9.40 Å². The summed E-state index contributed by atoms with van der Waals surface area (Å²) < 4.78 is 19.8. The van der Waals surface area contributed by atoms with Crippen molar-refractivity contribution < 1.29 is 18.4 Å². The summed E-state index contributed by atoms with van der Waals surface area (Å²) >= 11 is 0. The Balaban J connectivity index is 1.21. The summed E-state index contributed by atoms with van der Waals surface area (Å²) in [4.78, 5) is 35.8. The van der Waals surface area contributed by atoms with Gasteiger partial charge in [0.05, 0.1) is 5.56 Å². The van der Waals surface area contributed by atoms with Crippen molar-refractivity contribution >= 4 is 22.5 Å². The summed E-state index contributed by atoms with van der Waals surface area (Å²) in [6, 6.07) is 23.0. The number of hydrogen-bond acceptors (Lipinski definition) is 6. The number of H-pyrrole nitrogens is 1. The van der Waals surface area contributed by atoms with Crippen LogP contribution in [0.4, 0.5) is 4.39 Å². The highest BCUT2D eigenvalue weighted by atomic mass is 19.1. The molecule has 0 aliphatic heterocycles. The van der Waals surface area contributed by atoms with E-state index in [-0.39, 0.29) is 22.8 Å². The largest absolute Gasteiger partial charge is 0.455 e. The van der Waals surface area contributed by atoms with Gasteiger partial charge >= 0.3 is 0 Å². The summed E-state index contributed by atoms with van der Waals surface area (Å²) in [6.45, 7) is 3.81. The zero-order valence-electron chi connectivity index (χ0n) is 24.4. The predicted molar refractivity (Wildman–Crippen MR) is 166 cm³/mol. The number of nitrogens with one attached hydrogen (secondary N) is 1. The SMILES string of the molecule is CCC(=O)c1c(-c2ccc(F)cc2)oc2ccc(-c3cc(C(=O)CC4(c5nc(-c6ccccn6)n[nH]5)CC4)ccc3C)cc12. The molecule has 3 heterocycles. The molecule has 218 valence electrons. The van der Waals surface area contributed by atoms with E-state index in [2.05, 4.69) is 15.2 Å². The molecular formula is C36H29FN4O3. The van der Waals surface area contributed by atoms with Crippen LogP contribution >= 0.6 is 0 Å². The molecule has 0 saturated heterocycles. The fraction of sp³-hybridized carbons (Fsp3) is 0.194. The van der Waals surface area contributed by atoms with Crippen LogP contribution in [0.3, 0.4) is 0 Å². The van der Waals surface area contributed by atoms with Crippen LogP contribution in [0.15, 0.2) is 89.5 Å². The Labute approximate surface area is 253 Å². The van der Waals surface area contributed by atoms with Crippen LogP contribution in [-0.4, -0.2) is 31.7 Å². The molecule has 0 amide bonds. The number of ketones is 2. The molecule has 8 heteroatoms. The second kappa shape index (κ2) is 10.8. The van der Waals surface area contributed by atoms with E-state index in [0.29, 0.717) is 63.6 Å². The lowest BCUT2D eigenvalue weighted by Crippen LogP contribution is -2.15. The number of rotatable bonds is 9. The Hall–Kier alpha value is -5.24. The number of nitrogens with zero attached hydrogens (tertiary/aromatic N) is 3. The van der Waals surface area contributed by atoms with Gasteiger partial charge in [-0.3, -0.25) is 19.7 Å². The number of aryl methyl sites for hydroxylation is 1. The van der Waals surface area contributed by atoms with Crippen molar-refractivity contribution in [1.29, 1.82) is 0 Å². The maximum absolute atomic E-state index is 13.7. The van der Waals surface area contributed by atoms with E-state index in [0.717, 1.165) is 29.5 Å². The number of aromatic amines is 1. The molecule has 0 spiro atoms. The Morgan fingerprint density at radius 3 is 2.48 bits per heavy atom. The van der Waals surface area contributed by atoms with Crippen molar-refractivity contribution in [2.24, 2.45) is 0 Å². The first kappa shape index (κ1) is 27.6. The standard InChI is InChI=1S/C36H29FN4O3/c1-3-29(42)32-27-18-23(11-14-31(27)44-33(32)22-9-12-25(37)13-10-22)26-19-24(8-7-21(26)2)30(43)20-36(15-16-36)35-39-34(40-41-35)28-6-4-5-17-38-28/h4-14,17-19H,3,15-16,20H2,1-2H3,(H,39,40,41). The first-order chi connectivity index (χ1) is 21.3. The third-order valence-electron chi connectivity index (χ3n) is 8.50. The van der Waals surface area contributed by atoms with Crippen LogP contribution in [0.5, 0.6) is 0 Å². The molecule has 1 N–H and O–H groups in total. The minimum atomic E-state index is -0.358. The maximum atomic E-state index is 13.7. The lowest BCUT2D eigenvalue weighted by atomic mass is 9.91. The van der Waals surface area contributed by atoms with Gasteiger partial charge in [0.15, 0.2) is 17.4 Å². The molecule has 0 radical (unpaired) electrons. The average Bonchev–Trinajstić information content (AvgIpc) is 3.47. The number of carbonyl (C=O) groups is 2. The van der Waals surface area contributed by atoms with E-state index in [1.54, 1.807) is 18.3 Å². The van der Waals surface area contributed by atoms with Crippen molar-refractivity contribution in [3.63, 3.8) is 0 Å². The highest BCUT2D eigenvalue weighted by molar-refractivity contribution is 6.12. The number of halogens is 1. The Kier molecular flexibility index (Phi) is 6.77. The van der Waals surface area contributed by atoms with Crippen molar-refractivity contribution in [2.45, 2.75) is 44.9 Å². The smallest absolute Gasteiger partial charge is 0.199 e. The van der Waals surface area contributed by atoms with Gasteiger partial charge in [-0.25, -0.2) is 9.37 Å². The summed E-state index contributed by atoms with van der Waals surface area (Å²) in [5.41, 5.74) is 5.41. The van der Waals surface area contributed by atoms with Gasteiger partial charge in [0, 0.05) is 41.0 Å². The quantitative estimate of drug-likeness (QED) is 0.172. The van der Waals surface area contributed by atoms with E-state index in [1.165, 1.54) is 12.1 Å². The topological polar surface area (TPSA) is 102 Å². The minimum absolute atomic E-state index is 0.0318. The third kappa shape index (κ3) is 4.92. The molecule has 7 rings (SSSR count). The summed E-state index contributed by atoms with van der Waals surface area (Å²) in [5.74, 6) is 1.28. The van der Waals surface area contributed by atoms with E-state index >= 15 is 0 Å². The lowest BCUT2D eigenvalue weighted by Gasteiger charge is -2.13. The number of pyridine rings is 1. The fourth-order valence-electron chi connectivity index (χ4n) is 5.80. The minimum Gasteiger partial charge on any atom is -0.455 e. The number of furan rings is 1. The number of benzene rings is 3. The van der Waals surface area contributed by atoms with Crippen LogP contribution in [-0.2, 0) is 5.41 Å². The molecular weight excluding hydrogens is 555 g/mol. The normalized spacial score (nSPS) is 13.7. The maximum Gasteiger partial charge on any atom is 0.199 e. The molecule has 7 nitrogen and oxygen atoms in total. The van der Waals surface area contributed by atoms with Gasteiger partial charge in [-0.2, -0.15) is 5.10 Å². The monoisotopic (exact) mass is 584 g/mol. The molecule has 0 atom stereocenters. The lowest BCUT2D eigenvalue weighted by molar-refractivity contribution is 0.0965. The highest BCUT2D eigenvalue weighted by Crippen LogP contribution is 2.50. The van der Waals surface area contributed by atoms with Crippen molar-refractivity contribution in [3.8, 4) is 34.0 Å². The van der Waals surface area contributed by atoms with Crippen molar-refractivity contribution in [1.82, 2.24) is 20.2 Å². The molecule has 6 aromatic rings. The molecule has 1 aliphatic carbocycles. The van der Waals surface area contributed by atoms with E-state index in [9.17, 15) is 14.0 Å². The van der Waals surface area contributed by atoms with Gasteiger partial charge in [0.25, 0.3) is 0 Å². The highest BCUT2D eigenvalue weighted by Gasteiger charge is 2.49. The third-order valence-corrected chi connectivity index (χ3v) is 8.50. The first-order valence-electron chi connectivity index (χ1n) is 14.7. The number of hydrogen-bond donors (Lipinski definition) is 1. The summed E-state index contributed by atoms with van der Waals surface area (Å²) in [5, 5.41) is 8.10. The number of Topliss-reactive ketones (excluding diaryl/α,β-unsaturated/α-hetero) is 2. The van der Waals surface area contributed by atoms with Crippen LogP contribution in [0.1, 0.15) is 64.7 Å². The summed E-state index contributed by atoms with van der Waals surface area (Å²) in [6.07, 6.45) is 4.04. The van der Waals surface area contributed by atoms with Gasteiger partial charge in [-0.1, -0.05) is 31.2 Å².